The number of aliphatic carboxylic acids is 1. The number of carboxylic acid groups (broad SMARTS) is 1. The van der Waals surface area contributed by atoms with Crippen LogP contribution in [0.4, 0.5) is 4.79 Å². The zero-order chi connectivity index (χ0) is 14.5. The van der Waals surface area contributed by atoms with Gasteiger partial charge >= 0.3 is 12.1 Å². The first-order valence-corrected chi connectivity index (χ1v) is 6.97. The van der Waals surface area contributed by atoms with E-state index < -0.39 is 17.7 Å². The molecule has 5 nitrogen and oxygen atoms in total. The van der Waals surface area contributed by atoms with E-state index in [4.69, 9.17) is 9.84 Å². The lowest BCUT2D eigenvalue weighted by molar-refractivity contribution is -0.137. The summed E-state index contributed by atoms with van der Waals surface area (Å²) < 4.78 is 5.17. The van der Waals surface area contributed by atoms with Gasteiger partial charge in [-0.05, 0) is 33.1 Å². The average molecular weight is 271 g/mol. The summed E-state index contributed by atoms with van der Waals surface area (Å²) in [6, 6.07) is -0.338. The first-order valence-electron chi connectivity index (χ1n) is 6.97. The highest BCUT2D eigenvalue weighted by Crippen LogP contribution is 2.29. The zero-order valence-corrected chi connectivity index (χ0v) is 12.1. The van der Waals surface area contributed by atoms with Crippen molar-refractivity contribution < 1.29 is 19.4 Å². The maximum absolute atomic E-state index is 11.7. The van der Waals surface area contributed by atoms with Crippen molar-refractivity contribution in [2.24, 2.45) is 5.92 Å². The second-order valence-corrected chi connectivity index (χ2v) is 6.33. The van der Waals surface area contributed by atoms with Gasteiger partial charge in [0.15, 0.2) is 0 Å². The molecule has 1 fully saturated rings. The largest absolute Gasteiger partial charge is 0.481 e. The van der Waals surface area contributed by atoms with Gasteiger partial charge in [0.2, 0.25) is 0 Å². The van der Waals surface area contributed by atoms with E-state index >= 15 is 0 Å². The third-order valence-electron chi connectivity index (χ3n) is 3.23. The summed E-state index contributed by atoms with van der Waals surface area (Å²) in [7, 11) is 0. The van der Waals surface area contributed by atoms with Crippen molar-refractivity contribution in [1.82, 2.24) is 5.32 Å². The lowest BCUT2D eigenvalue weighted by atomic mass is 9.96. The number of ether oxygens (including phenoxy) is 1. The van der Waals surface area contributed by atoms with Crippen molar-refractivity contribution in [1.29, 1.82) is 0 Å². The molecule has 19 heavy (non-hydrogen) atoms. The Morgan fingerprint density at radius 3 is 2.37 bits per heavy atom. The highest BCUT2D eigenvalue weighted by Gasteiger charge is 2.25. The van der Waals surface area contributed by atoms with Gasteiger partial charge in [-0.3, -0.25) is 4.79 Å². The SMILES string of the molecule is CC(C)(C)OC(=O)NC(CC(=O)O)CC1CCCC1. The van der Waals surface area contributed by atoms with Crippen LogP contribution in [0.2, 0.25) is 0 Å². The van der Waals surface area contributed by atoms with E-state index in [-0.39, 0.29) is 12.5 Å². The number of carbonyl (C=O) groups is 2. The van der Waals surface area contributed by atoms with Gasteiger partial charge in [0.25, 0.3) is 0 Å². The fraction of sp³-hybridized carbons (Fsp3) is 0.857. The van der Waals surface area contributed by atoms with Crippen molar-refractivity contribution >= 4 is 12.1 Å². The van der Waals surface area contributed by atoms with Gasteiger partial charge in [-0.2, -0.15) is 0 Å². The van der Waals surface area contributed by atoms with E-state index in [1.165, 1.54) is 12.8 Å². The maximum Gasteiger partial charge on any atom is 0.407 e. The molecule has 0 saturated heterocycles. The summed E-state index contributed by atoms with van der Waals surface area (Å²) in [5.41, 5.74) is -0.564. The number of alkyl carbamates (subject to hydrolysis) is 1. The van der Waals surface area contributed by atoms with Gasteiger partial charge < -0.3 is 15.2 Å². The van der Waals surface area contributed by atoms with Crippen LogP contribution in [0.15, 0.2) is 0 Å². The van der Waals surface area contributed by atoms with Crippen LogP contribution in [0.5, 0.6) is 0 Å². The fourth-order valence-electron chi connectivity index (χ4n) is 2.53. The molecule has 0 spiro atoms. The van der Waals surface area contributed by atoms with Gasteiger partial charge in [-0.1, -0.05) is 25.7 Å². The van der Waals surface area contributed by atoms with Crippen molar-refractivity contribution in [2.45, 2.75) is 70.9 Å². The molecule has 1 amide bonds. The van der Waals surface area contributed by atoms with Crippen LogP contribution >= 0.6 is 0 Å². The third-order valence-corrected chi connectivity index (χ3v) is 3.23. The van der Waals surface area contributed by atoms with E-state index in [9.17, 15) is 9.59 Å². The topological polar surface area (TPSA) is 75.6 Å². The van der Waals surface area contributed by atoms with Gasteiger partial charge in [-0.15, -0.1) is 0 Å². The molecule has 1 saturated carbocycles. The molecule has 1 aliphatic carbocycles. The van der Waals surface area contributed by atoms with Crippen molar-refractivity contribution in [3.05, 3.63) is 0 Å². The summed E-state index contributed by atoms with van der Waals surface area (Å²) in [5.74, 6) is -0.363. The molecule has 1 aliphatic rings. The van der Waals surface area contributed by atoms with Crippen LogP contribution in [-0.4, -0.2) is 28.8 Å². The molecule has 5 heteroatoms. The van der Waals surface area contributed by atoms with Crippen LogP contribution in [0.3, 0.4) is 0 Å². The molecule has 1 atom stereocenters. The van der Waals surface area contributed by atoms with E-state index in [2.05, 4.69) is 5.32 Å². The summed E-state index contributed by atoms with van der Waals surface area (Å²) >= 11 is 0. The minimum atomic E-state index is -0.890. The summed E-state index contributed by atoms with van der Waals surface area (Å²) in [5, 5.41) is 11.6. The highest BCUT2D eigenvalue weighted by atomic mass is 16.6. The Hall–Kier alpha value is -1.26. The third kappa shape index (κ3) is 7.03. The maximum atomic E-state index is 11.7. The Morgan fingerprint density at radius 1 is 1.32 bits per heavy atom. The van der Waals surface area contributed by atoms with Crippen molar-refractivity contribution in [3.8, 4) is 0 Å². The average Bonchev–Trinajstić information content (AvgIpc) is 2.65. The smallest absolute Gasteiger partial charge is 0.407 e. The normalized spacial score (nSPS) is 18.1. The first-order chi connectivity index (χ1) is 8.76. The minimum Gasteiger partial charge on any atom is -0.481 e. The Bertz CT molecular complexity index is 316. The van der Waals surface area contributed by atoms with E-state index in [1.54, 1.807) is 20.8 Å². The predicted molar refractivity (Wildman–Crippen MR) is 72.0 cm³/mol. The molecule has 110 valence electrons. The van der Waals surface area contributed by atoms with Crippen molar-refractivity contribution in [2.75, 3.05) is 0 Å². The van der Waals surface area contributed by atoms with Gasteiger partial charge in [-0.25, -0.2) is 4.79 Å². The van der Waals surface area contributed by atoms with E-state index in [0.29, 0.717) is 5.92 Å². The molecule has 0 bridgehead atoms. The Morgan fingerprint density at radius 2 is 1.89 bits per heavy atom. The molecule has 0 heterocycles. The molecule has 0 aromatic heterocycles. The Balaban J connectivity index is 2.48. The zero-order valence-electron chi connectivity index (χ0n) is 12.1. The summed E-state index contributed by atoms with van der Waals surface area (Å²) in [4.78, 5) is 22.6. The predicted octanol–water partition coefficient (Wildman–Crippen LogP) is 2.93. The Kier molecular flexibility index (Phi) is 5.63. The van der Waals surface area contributed by atoms with Gasteiger partial charge in [0, 0.05) is 6.04 Å². The molecule has 0 aromatic rings. The number of hydrogen-bond acceptors (Lipinski definition) is 3. The molecule has 2 N–H and O–H groups in total. The van der Waals surface area contributed by atoms with Crippen LogP contribution in [0, 0.1) is 5.92 Å². The standard InChI is InChI=1S/C14H25NO4/c1-14(2,3)19-13(18)15-11(9-12(16)17)8-10-6-4-5-7-10/h10-11H,4-9H2,1-3H3,(H,15,18)(H,16,17). The Labute approximate surface area is 114 Å². The molecular weight excluding hydrogens is 246 g/mol. The van der Waals surface area contributed by atoms with Crippen LogP contribution in [0.25, 0.3) is 0 Å². The molecular formula is C14H25NO4. The highest BCUT2D eigenvalue weighted by molar-refractivity contribution is 5.71. The minimum absolute atomic E-state index is 0.0459. The number of nitrogens with one attached hydrogen (secondary N) is 1. The summed E-state index contributed by atoms with van der Waals surface area (Å²) in [6.45, 7) is 5.36. The van der Waals surface area contributed by atoms with E-state index in [0.717, 1.165) is 19.3 Å². The number of carbonyl (C=O) groups excluding carboxylic acids is 1. The number of amides is 1. The summed E-state index contributed by atoms with van der Waals surface area (Å²) in [6.07, 6.45) is 4.82. The number of hydrogen-bond donors (Lipinski definition) is 2. The molecule has 0 aliphatic heterocycles. The quantitative estimate of drug-likeness (QED) is 0.806. The monoisotopic (exact) mass is 271 g/mol. The van der Waals surface area contributed by atoms with Gasteiger partial charge in [0.1, 0.15) is 5.60 Å². The molecule has 0 aromatic carbocycles. The number of rotatable bonds is 5. The first kappa shape index (κ1) is 15.8. The molecule has 1 unspecified atom stereocenters. The van der Waals surface area contributed by atoms with Crippen molar-refractivity contribution in [3.63, 3.8) is 0 Å². The molecule has 0 radical (unpaired) electrons. The lowest BCUT2D eigenvalue weighted by Gasteiger charge is -2.24. The van der Waals surface area contributed by atoms with Crippen LogP contribution in [-0.2, 0) is 9.53 Å². The second kappa shape index (κ2) is 6.78. The van der Waals surface area contributed by atoms with Crippen LogP contribution < -0.4 is 5.32 Å². The molecule has 1 rings (SSSR count). The van der Waals surface area contributed by atoms with Gasteiger partial charge in [0.05, 0.1) is 6.42 Å². The number of carboxylic acids is 1. The lowest BCUT2D eigenvalue weighted by Crippen LogP contribution is -2.41. The fourth-order valence-corrected chi connectivity index (χ4v) is 2.53. The van der Waals surface area contributed by atoms with Crippen LogP contribution in [0.1, 0.15) is 59.3 Å². The second-order valence-electron chi connectivity index (χ2n) is 6.33. The van der Waals surface area contributed by atoms with E-state index in [1.807, 2.05) is 0 Å².